The first-order valence-electron chi connectivity index (χ1n) is 7.01. The van der Waals surface area contributed by atoms with Gasteiger partial charge in [0, 0.05) is 11.1 Å². The van der Waals surface area contributed by atoms with E-state index in [-0.39, 0.29) is 6.54 Å². The van der Waals surface area contributed by atoms with Crippen LogP contribution >= 0.6 is 0 Å². The largest absolute Gasteiger partial charge is 0.416 e. The fourth-order valence-electron chi connectivity index (χ4n) is 2.37. The van der Waals surface area contributed by atoms with Crippen LogP contribution in [-0.4, -0.2) is 16.2 Å². The number of hydrogen-bond acceptors (Lipinski definition) is 2. The Morgan fingerprint density at radius 3 is 2.50 bits per heavy atom. The number of hydrogen-bond donors (Lipinski definition) is 2. The highest BCUT2D eigenvalue weighted by atomic mass is 19.4. The number of anilines is 1. The molecule has 1 aromatic heterocycles. The third-order valence-corrected chi connectivity index (χ3v) is 3.63. The Balaban J connectivity index is 1.87. The molecule has 3 aromatic rings. The van der Waals surface area contributed by atoms with Gasteiger partial charge in [-0.25, -0.2) is 4.79 Å². The summed E-state index contributed by atoms with van der Waals surface area (Å²) in [7, 11) is 0. The summed E-state index contributed by atoms with van der Waals surface area (Å²) in [4.78, 5) is 13.0. The van der Waals surface area contributed by atoms with E-state index in [1.807, 2.05) is 0 Å². The normalized spacial score (nSPS) is 11.6. The maximum atomic E-state index is 12.6. The number of rotatable bonds is 3. The van der Waals surface area contributed by atoms with E-state index < -0.39 is 17.8 Å². The average Bonchev–Trinajstić information content (AvgIpc) is 2.99. The summed E-state index contributed by atoms with van der Waals surface area (Å²) in [6, 6.07) is 9.09. The summed E-state index contributed by atoms with van der Waals surface area (Å²) in [5.74, 6) is 0. The second-order valence-electron chi connectivity index (χ2n) is 5.26. The lowest BCUT2D eigenvalue weighted by Gasteiger charge is -2.21. The molecule has 0 aliphatic carbocycles. The molecule has 0 saturated carbocycles. The molecule has 8 heteroatoms. The Hall–Kier alpha value is -3.03. The quantitative estimate of drug-likeness (QED) is 0.767. The molecule has 0 aliphatic rings. The lowest BCUT2D eigenvalue weighted by atomic mass is 10.1. The fraction of sp³-hybridized carbons (Fsp3) is 0.125. The highest BCUT2D eigenvalue weighted by Gasteiger charge is 2.30. The van der Waals surface area contributed by atoms with Gasteiger partial charge in [0.25, 0.3) is 0 Å². The minimum Gasteiger partial charge on any atom is -0.351 e. The zero-order valence-electron chi connectivity index (χ0n) is 12.3. The maximum absolute atomic E-state index is 12.6. The van der Waals surface area contributed by atoms with Crippen molar-refractivity contribution in [3.63, 3.8) is 0 Å². The Morgan fingerprint density at radius 2 is 1.88 bits per heavy atom. The number of H-pyrrole nitrogens is 1. The first kappa shape index (κ1) is 15.9. The van der Waals surface area contributed by atoms with Gasteiger partial charge in [0.1, 0.15) is 0 Å². The molecule has 24 heavy (non-hydrogen) atoms. The van der Waals surface area contributed by atoms with E-state index in [1.54, 1.807) is 24.4 Å². The molecule has 0 spiro atoms. The van der Waals surface area contributed by atoms with Gasteiger partial charge in [-0.1, -0.05) is 12.1 Å². The van der Waals surface area contributed by atoms with E-state index in [1.165, 1.54) is 17.0 Å². The SMILES string of the molecule is NC(=O)N(Cc1ccc(C(F)(F)F)cc1)c1ccc2cn[nH]c2c1. The molecule has 0 radical (unpaired) electrons. The van der Waals surface area contributed by atoms with Gasteiger partial charge < -0.3 is 5.73 Å². The number of halogens is 3. The van der Waals surface area contributed by atoms with Crippen molar-refractivity contribution >= 4 is 22.6 Å². The number of fused-ring (bicyclic) bond motifs is 1. The Kier molecular flexibility index (Phi) is 3.88. The summed E-state index contributed by atoms with van der Waals surface area (Å²) < 4.78 is 37.8. The van der Waals surface area contributed by atoms with Crippen LogP contribution < -0.4 is 10.6 Å². The summed E-state index contributed by atoms with van der Waals surface area (Å²) in [5, 5.41) is 7.56. The monoisotopic (exact) mass is 334 g/mol. The van der Waals surface area contributed by atoms with Crippen LogP contribution in [0.3, 0.4) is 0 Å². The minimum absolute atomic E-state index is 0.0626. The highest BCUT2D eigenvalue weighted by molar-refractivity contribution is 5.93. The number of benzene rings is 2. The number of aromatic amines is 1. The second kappa shape index (κ2) is 5.88. The third kappa shape index (κ3) is 3.17. The molecule has 0 aliphatic heterocycles. The van der Waals surface area contributed by atoms with Crippen LogP contribution in [0.1, 0.15) is 11.1 Å². The van der Waals surface area contributed by atoms with Gasteiger partial charge in [0.2, 0.25) is 0 Å². The number of carbonyl (C=O) groups excluding carboxylic acids is 1. The van der Waals surface area contributed by atoms with Crippen LogP contribution in [0.15, 0.2) is 48.7 Å². The number of aromatic nitrogens is 2. The fourth-order valence-corrected chi connectivity index (χ4v) is 2.37. The predicted molar refractivity (Wildman–Crippen MR) is 83.3 cm³/mol. The highest BCUT2D eigenvalue weighted by Crippen LogP contribution is 2.29. The zero-order valence-corrected chi connectivity index (χ0v) is 12.3. The maximum Gasteiger partial charge on any atom is 0.416 e. The van der Waals surface area contributed by atoms with Gasteiger partial charge in [-0.05, 0) is 35.9 Å². The van der Waals surface area contributed by atoms with Crippen LogP contribution in [-0.2, 0) is 12.7 Å². The number of nitrogens with zero attached hydrogens (tertiary/aromatic N) is 2. The van der Waals surface area contributed by atoms with Crippen molar-refractivity contribution in [3.8, 4) is 0 Å². The van der Waals surface area contributed by atoms with Crippen LogP contribution in [0, 0.1) is 0 Å². The van der Waals surface area contributed by atoms with Gasteiger partial charge in [-0.2, -0.15) is 18.3 Å². The van der Waals surface area contributed by atoms with Crippen LogP contribution in [0.4, 0.5) is 23.7 Å². The van der Waals surface area contributed by atoms with E-state index in [0.717, 1.165) is 23.0 Å². The average molecular weight is 334 g/mol. The Morgan fingerprint density at radius 1 is 1.17 bits per heavy atom. The number of nitrogens with one attached hydrogen (secondary N) is 1. The molecule has 0 atom stereocenters. The Bertz CT molecular complexity index is 871. The van der Waals surface area contributed by atoms with E-state index in [0.29, 0.717) is 11.3 Å². The number of urea groups is 1. The molecular formula is C16H13F3N4O. The lowest BCUT2D eigenvalue weighted by Crippen LogP contribution is -2.35. The summed E-state index contributed by atoms with van der Waals surface area (Å²) >= 11 is 0. The number of primary amides is 1. The van der Waals surface area contributed by atoms with Gasteiger partial charge >= 0.3 is 12.2 Å². The van der Waals surface area contributed by atoms with Crippen LogP contribution in [0.2, 0.25) is 0 Å². The van der Waals surface area contributed by atoms with Crippen molar-refractivity contribution in [3.05, 3.63) is 59.8 Å². The van der Waals surface area contributed by atoms with Gasteiger partial charge in [0.15, 0.2) is 0 Å². The smallest absolute Gasteiger partial charge is 0.351 e. The van der Waals surface area contributed by atoms with Gasteiger partial charge in [-0.15, -0.1) is 0 Å². The summed E-state index contributed by atoms with van der Waals surface area (Å²) in [6.07, 6.45) is -2.75. The molecule has 0 bridgehead atoms. The van der Waals surface area contributed by atoms with Crippen molar-refractivity contribution in [1.82, 2.24) is 10.2 Å². The van der Waals surface area contributed by atoms with E-state index in [4.69, 9.17) is 5.73 Å². The minimum atomic E-state index is -4.40. The van der Waals surface area contributed by atoms with Crippen molar-refractivity contribution in [1.29, 1.82) is 0 Å². The molecule has 0 saturated heterocycles. The molecule has 124 valence electrons. The number of carbonyl (C=O) groups is 1. The molecule has 3 N–H and O–H groups in total. The molecule has 3 rings (SSSR count). The predicted octanol–water partition coefficient (Wildman–Crippen LogP) is 3.67. The number of amides is 2. The van der Waals surface area contributed by atoms with E-state index in [9.17, 15) is 18.0 Å². The molecular weight excluding hydrogens is 321 g/mol. The zero-order chi connectivity index (χ0) is 17.3. The molecule has 2 amide bonds. The second-order valence-corrected chi connectivity index (χ2v) is 5.26. The summed E-state index contributed by atoms with van der Waals surface area (Å²) in [6.45, 7) is 0.0626. The topological polar surface area (TPSA) is 75.0 Å². The van der Waals surface area contributed by atoms with Crippen LogP contribution in [0.25, 0.3) is 10.9 Å². The number of alkyl halides is 3. The summed E-state index contributed by atoms with van der Waals surface area (Å²) in [5.41, 5.74) is 6.46. The lowest BCUT2D eigenvalue weighted by molar-refractivity contribution is -0.137. The number of nitrogens with two attached hydrogens (primary N) is 1. The molecule has 0 fully saturated rings. The third-order valence-electron chi connectivity index (χ3n) is 3.63. The van der Waals surface area contributed by atoms with Crippen LogP contribution in [0.5, 0.6) is 0 Å². The Labute approximate surface area is 134 Å². The standard InChI is InChI=1S/C16H13F3N4O/c17-16(18,19)12-4-1-10(2-5-12)9-23(15(20)24)13-6-3-11-8-21-22-14(11)7-13/h1-8H,9H2,(H2,20,24)(H,21,22). The van der Waals surface area contributed by atoms with Crippen molar-refractivity contribution in [2.24, 2.45) is 5.73 Å². The van der Waals surface area contributed by atoms with Gasteiger partial charge in [0.05, 0.1) is 23.8 Å². The first-order chi connectivity index (χ1) is 11.3. The molecule has 2 aromatic carbocycles. The van der Waals surface area contributed by atoms with Crippen molar-refractivity contribution < 1.29 is 18.0 Å². The first-order valence-corrected chi connectivity index (χ1v) is 7.01. The molecule has 5 nitrogen and oxygen atoms in total. The van der Waals surface area contributed by atoms with E-state index in [2.05, 4.69) is 10.2 Å². The van der Waals surface area contributed by atoms with Gasteiger partial charge in [-0.3, -0.25) is 10.00 Å². The molecule has 0 unspecified atom stereocenters. The van der Waals surface area contributed by atoms with E-state index >= 15 is 0 Å². The van der Waals surface area contributed by atoms with Crippen molar-refractivity contribution in [2.45, 2.75) is 12.7 Å². The van der Waals surface area contributed by atoms with Crippen molar-refractivity contribution in [2.75, 3.05) is 4.90 Å². The molecule has 1 heterocycles.